The first-order valence-corrected chi connectivity index (χ1v) is 7.26. The summed E-state index contributed by atoms with van der Waals surface area (Å²) in [5, 5.41) is 0. The molecule has 2 heterocycles. The van der Waals surface area contributed by atoms with E-state index in [-0.39, 0.29) is 5.91 Å². The monoisotopic (exact) mass is 326 g/mol. The van der Waals surface area contributed by atoms with Gasteiger partial charge < -0.3 is 10.6 Å². The molecule has 19 heavy (non-hydrogen) atoms. The standard InChI is InChI=1S/C13H19BrN4O/c1-3-17-4-5-18(8-9(17)2)13(19)11-6-10(14)7-16-12(11)15/h6-7,9H,3-5,8H2,1-2H3,(H2,15,16). The molecule has 6 heteroatoms. The van der Waals surface area contributed by atoms with E-state index >= 15 is 0 Å². The Bertz CT molecular complexity index is 480. The number of piperazine rings is 1. The number of nitrogens with two attached hydrogens (primary N) is 1. The first-order chi connectivity index (χ1) is 9.02. The number of carbonyl (C=O) groups is 1. The van der Waals surface area contributed by atoms with E-state index in [1.807, 2.05) is 4.90 Å². The molecule has 0 spiro atoms. The third kappa shape index (κ3) is 3.06. The molecule has 0 saturated carbocycles. The lowest BCUT2D eigenvalue weighted by molar-refractivity contribution is 0.0529. The number of nitrogens with zero attached hydrogens (tertiary/aromatic N) is 3. The third-order valence-electron chi connectivity index (χ3n) is 3.57. The van der Waals surface area contributed by atoms with Gasteiger partial charge in [-0.15, -0.1) is 0 Å². The van der Waals surface area contributed by atoms with E-state index in [1.54, 1.807) is 12.3 Å². The quantitative estimate of drug-likeness (QED) is 0.896. The van der Waals surface area contributed by atoms with Crippen LogP contribution in [0.5, 0.6) is 0 Å². The van der Waals surface area contributed by atoms with Crippen LogP contribution in [-0.2, 0) is 0 Å². The number of halogens is 1. The number of amides is 1. The minimum absolute atomic E-state index is 0.0334. The van der Waals surface area contributed by atoms with Gasteiger partial charge in [-0.1, -0.05) is 6.92 Å². The van der Waals surface area contributed by atoms with Gasteiger partial charge in [0.25, 0.3) is 5.91 Å². The fraction of sp³-hybridized carbons (Fsp3) is 0.538. The Kier molecular flexibility index (Phi) is 4.42. The zero-order valence-corrected chi connectivity index (χ0v) is 12.9. The van der Waals surface area contributed by atoms with E-state index in [0.717, 1.165) is 30.7 Å². The number of hydrogen-bond donors (Lipinski definition) is 1. The highest BCUT2D eigenvalue weighted by Gasteiger charge is 2.27. The van der Waals surface area contributed by atoms with Crippen molar-refractivity contribution < 1.29 is 4.79 Å². The lowest BCUT2D eigenvalue weighted by Gasteiger charge is -2.39. The number of anilines is 1. The van der Waals surface area contributed by atoms with Crippen molar-refractivity contribution in [1.82, 2.24) is 14.8 Å². The SMILES string of the molecule is CCN1CCN(C(=O)c2cc(Br)cnc2N)CC1C. The summed E-state index contributed by atoms with van der Waals surface area (Å²) in [6, 6.07) is 2.12. The second-order valence-corrected chi connectivity index (χ2v) is 5.73. The molecule has 1 amide bonds. The van der Waals surface area contributed by atoms with E-state index in [4.69, 9.17) is 5.73 Å². The van der Waals surface area contributed by atoms with Crippen molar-refractivity contribution in [2.45, 2.75) is 19.9 Å². The molecule has 5 nitrogen and oxygen atoms in total. The number of aromatic nitrogens is 1. The maximum Gasteiger partial charge on any atom is 0.257 e. The van der Waals surface area contributed by atoms with Gasteiger partial charge in [-0.05, 0) is 35.5 Å². The Balaban J connectivity index is 2.14. The molecule has 2 N–H and O–H groups in total. The Morgan fingerprint density at radius 3 is 2.95 bits per heavy atom. The normalized spacial score (nSPS) is 20.6. The maximum absolute atomic E-state index is 12.5. The van der Waals surface area contributed by atoms with Crippen molar-refractivity contribution in [3.8, 4) is 0 Å². The highest BCUT2D eigenvalue weighted by atomic mass is 79.9. The first kappa shape index (κ1) is 14.3. The van der Waals surface area contributed by atoms with Crippen LogP contribution in [0, 0.1) is 0 Å². The molecule has 1 unspecified atom stereocenters. The molecule has 1 aliphatic heterocycles. The second-order valence-electron chi connectivity index (χ2n) is 4.82. The topological polar surface area (TPSA) is 62.5 Å². The van der Waals surface area contributed by atoms with Crippen LogP contribution in [0.2, 0.25) is 0 Å². The van der Waals surface area contributed by atoms with E-state index in [2.05, 4.69) is 39.7 Å². The van der Waals surface area contributed by atoms with Gasteiger partial charge in [0.2, 0.25) is 0 Å². The molecule has 104 valence electrons. The van der Waals surface area contributed by atoms with Crippen LogP contribution in [0.1, 0.15) is 24.2 Å². The third-order valence-corrected chi connectivity index (χ3v) is 4.01. The van der Waals surface area contributed by atoms with Gasteiger partial charge in [0.05, 0.1) is 5.56 Å². The van der Waals surface area contributed by atoms with Crippen molar-refractivity contribution in [2.24, 2.45) is 0 Å². The molecule has 1 saturated heterocycles. The van der Waals surface area contributed by atoms with Crippen LogP contribution in [0.25, 0.3) is 0 Å². The molecule has 2 rings (SSSR count). The highest BCUT2D eigenvalue weighted by molar-refractivity contribution is 9.10. The average Bonchev–Trinajstić information content (AvgIpc) is 2.40. The Morgan fingerprint density at radius 2 is 2.32 bits per heavy atom. The molecule has 1 fully saturated rings. The van der Waals surface area contributed by atoms with Crippen LogP contribution in [0.3, 0.4) is 0 Å². The highest BCUT2D eigenvalue weighted by Crippen LogP contribution is 2.19. The summed E-state index contributed by atoms with van der Waals surface area (Å²) in [4.78, 5) is 20.7. The predicted octanol–water partition coefficient (Wildman–Crippen LogP) is 1.59. The summed E-state index contributed by atoms with van der Waals surface area (Å²) in [6.07, 6.45) is 1.60. The van der Waals surface area contributed by atoms with Crippen molar-refractivity contribution in [3.63, 3.8) is 0 Å². The van der Waals surface area contributed by atoms with E-state index in [0.29, 0.717) is 17.4 Å². The van der Waals surface area contributed by atoms with Crippen molar-refractivity contribution in [3.05, 3.63) is 22.3 Å². The lowest BCUT2D eigenvalue weighted by Crippen LogP contribution is -2.53. The van der Waals surface area contributed by atoms with Gasteiger partial charge in [0.15, 0.2) is 0 Å². The molecule has 1 atom stereocenters. The smallest absolute Gasteiger partial charge is 0.257 e. The van der Waals surface area contributed by atoms with Crippen LogP contribution in [0.4, 0.5) is 5.82 Å². The first-order valence-electron chi connectivity index (χ1n) is 6.47. The minimum atomic E-state index is -0.0334. The number of hydrogen-bond acceptors (Lipinski definition) is 4. The summed E-state index contributed by atoms with van der Waals surface area (Å²) in [5.41, 5.74) is 6.27. The summed E-state index contributed by atoms with van der Waals surface area (Å²) in [5.74, 6) is 0.257. The van der Waals surface area contributed by atoms with E-state index in [1.165, 1.54) is 0 Å². The van der Waals surface area contributed by atoms with Gasteiger partial charge in [-0.25, -0.2) is 4.98 Å². The van der Waals surface area contributed by atoms with E-state index < -0.39 is 0 Å². The molecule has 0 aromatic carbocycles. The molecule has 0 bridgehead atoms. The van der Waals surface area contributed by atoms with Crippen molar-refractivity contribution >= 4 is 27.7 Å². The molecule has 1 aromatic heterocycles. The molecule has 0 aliphatic carbocycles. The largest absolute Gasteiger partial charge is 0.383 e. The van der Waals surface area contributed by atoms with Gasteiger partial charge in [-0.2, -0.15) is 0 Å². The Hall–Kier alpha value is -1.14. The summed E-state index contributed by atoms with van der Waals surface area (Å²) >= 11 is 3.32. The van der Waals surface area contributed by atoms with Gasteiger partial charge >= 0.3 is 0 Å². The molecule has 1 aromatic rings. The Labute approximate surface area is 121 Å². The maximum atomic E-state index is 12.5. The number of likely N-dealkylation sites (N-methyl/N-ethyl adjacent to an activating group) is 1. The van der Waals surface area contributed by atoms with Crippen LogP contribution in [0.15, 0.2) is 16.7 Å². The molecule has 1 aliphatic rings. The van der Waals surface area contributed by atoms with Crippen molar-refractivity contribution in [1.29, 1.82) is 0 Å². The zero-order valence-electron chi connectivity index (χ0n) is 11.3. The second kappa shape index (κ2) is 5.88. The number of carbonyl (C=O) groups excluding carboxylic acids is 1. The predicted molar refractivity (Wildman–Crippen MR) is 79.0 cm³/mol. The minimum Gasteiger partial charge on any atom is -0.383 e. The molecular weight excluding hydrogens is 308 g/mol. The Morgan fingerprint density at radius 1 is 1.58 bits per heavy atom. The van der Waals surface area contributed by atoms with E-state index in [9.17, 15) is 4.79 Å². The van der Waals surface area contributed by atoms with Gasteiger partial charge in [-0.3, -0.25) is 9.69 Å². The van der Waals surface area contributed by atoms with Gasteiger partial charge in [0.1, 0.15) is 5.82 Å². The van der Waals surface area contributed by atoms with Gasteiger partial charge in [0, 0.05) is 36.3 Å². The summed E-state index contributed by atoms with van der Waals surface area (Å²) in [7, 11) is 0. The lowest BCUT2D eigenvalue weighted by atomic mass is 10.1. The van der Waals surface area contributed by atoms with Crippen LogP contribution >= 0.6 is 15.9 Å². The molecular formula is C13H19BrN4O. The van der Waals surface area contributed by atoms with Crippen LogP contribution in [-0.4, -0.2) is 52.9 Å². The average molecular weight is 327 g/mol. The molecule has 0 radical (unpaired) electrons. The number of pyridine rings is 1. The number of rotatable bonds is 2. The van der Waals surface area contributed by atoms with Crippen molar-refractivity contribution in [2.75, 3.05) is 31.9 Å². The summed E-state index contributed by atoms with van der Waals surface area (Å²) < 4.78 is 0.769. The zero-order chi connectivity index (χ0) is 14.0. The van der Waals surface area contributed by atoms with Crippen LogP contribution < -0.4 is 5.73 Å². The fourth-order valence-electron chi connectivity index (χ4n) is 2.44. The summed E-state index contributed by atoms with van der Waals surface area (Å²) in [6.45, 7) is 7.69. The number of nitrogen functional groups attached to an aromatic ring is 1. The fourth-order valence-corrected chi connectivity index (χ4v) is 2.77.